The predicted octanol–water partition coefficient (Wildman–Crippen LogP) is 1.86. The van der Waals surface area contributed by atoms with Gasteiger partial charge in [0.05, 0.1) is 5.88 Å². The number of hydrogen-bond acceptors (Lipinski definition) is 10. The summed E-state index contributed by atoms with van der Waals surface area (Å²) in [6, 6.07) is 1.84. The van der Waals surface area contributed by atoms with Gasteiger partial charge in [-0.3, -0.25) is 9.36 Å². The van der Waals surface area contributed by atoms with Gasteiger partial charge in [0.1, 0.15) is 11.6 Å². The lowest BCUT2D eigenvalue weighted by Gasteiger charge is -2.09. The molecule has 0 aliphatic rings. The molecule has 0 aliphatic carbocycles. The summed E-state index contributed by atoms with van der Waals surface area (Å²) in [6.07, 6.45) is 0. The van der Waals surface area contributed by atoms with E-state index in [1.165, 1.54) is 25.3 Å². The zero-order valence-electron chi connectivity index (χ0n) is 12.5. The highest BCUT2D eigenvalue weighted by Crippen LogP contribution is 2.29. The van der Waals surface area contributed by atoms with Gasteiger partial charge in [0.2, 0.25) is 11.0 Å². The number of pyridine rings is 1. The largest absolute Gasteiger partial charge is 0.493 e. The highest BCUT2D eigenvalue weighted by atomic mass is 32.1. The lowest BCUT2D eigenvalue weighted by atomic mass is 10.1. The Morgan fingerprint density at radius 3 is 2.78 bits per heavy atom. The highest BCUT2D eigenvalue weighted by molar-refractivity contribution is 7.80. The van der Waals surface area contributed by atoms with Crippen molar-refractivity contribution in [1.82, 2.24) is 14.8 Å². The Morgan fingerprint density at radius 2 is 2.17 bits per heavy atom. The molecule has 1 N–H and O–H groups in total. The van der Waals surface area contributed by atoms with Gasteiger partial charge < -0.3 is 10.0 Å². The van der Waals surface area contributed by atoms with E-state index in [-0.39, 0.29) is 21.9 Å². The smallest absolute Gasteiger partial charge is 0.281 e. The minimum atomic E-state index is -0.556. The fraction of sp³-hybridized carbons (Fsp3) is 0.333. The van der Waals surface area contributed by atoms with Gasteiger partial charge in [-0.2, -0.15) is 17.9 Å². The fourth-order valence-corrected chi connectivity index (χ4v) is 2.54. The first kappa shape index (κ1) is 16.9. The molecule has 0 fully saturated rings. The molecular formula is C12H13N7O2S2. The van der Waals surface area contributed by atoms with Crippen LogP contribution in [0.5, 0.6) is 5.88 Å². The van der Waals surface area contributed by atoms with Crippen molar-refractivity contribution in [2.24, 2.45) is 17.3 Å². The molecule has 0 saturated heterocycles. The topological polar surface area (TPSA) is 120 Å². The molecule has 23 heavy (non-hydrogen) atoms. The first-order chi connectivity index (χ1) is 10.9. The van der Waals surface area contributed by atoms with Gasteiger partial charge >= 0.3 is 0 Å². The summed E-state index contributed by atoms with van der Waals surface area (Å²) < 4.78 is 0.945. The molecule has 0 aromatic carbocycles. The average Bonchev–Trinajstić information content (AvgIpc) is 3.01. The molecular weight excluding hydrogens is 338 g/mol. The second-order valence-corrected chi connectivity index (χ2v) is 5.77. The summed E-state index contributed by atoms with van der Waals surface area (Å²) in [5.41, 5.74) is -0.344. The molecule has 0 unspecified atom stereocenters. The fourth-order valence-electron chi connectivity index (χ4n) is 1.68. The maximum atomic E-state index is 12.1. The van der Waals surface area contributed by atoms with Gasteiger partial charge in [-0.1, -0.05) is 11.3 Å². The number of hydrogen-bond donors (Lipinski definition) is 2. The third-order valence-corrected chi connectivity index (χ3v) is 4.41. The van der Waals surface area contributed by atoms with Crippen molar-refractivity contribution in [3.63, 3.8) is 0 Å². The second-order valence-electron chi connectivity index (χ2n) is 4.55. The van der Waals surface area contributed by atoms with E-state index in [2.05, 4.69) is 33.1 Å². The number of azo groups is 1. The Hall–Kier alpha value is -2.45. The standard InChI is InChI=1S/C12H13N7O2S2/c1-6-7(4-13)9(20)19(3)10(21)8(6)14-15-11-16-17-12(23-11)18(2)5-22/h20,22H,5H2,1-3H3. The predicted molar refractivity (Wildman–Crippen MR) is 89.1 cm³/mol. The minimum absolute atomic E-state index is 0.0196. The van der Waals surface area contributed by atoms with Crippen LogP contribution in [0.3, 0.4) is 0 Å². The van der Waals surface area contributed by atoms with Gasteiger partial charge in [-0.05, 0) is 6.92 Å². The summed E-state index contributed by atoms with van der Waals surface area (Å²) >= 11 is 5.31. The van der Waals surface area contributed by atoms with E-state index in [0.717, 1.165) is 4.57 Å². The Balaban J connectivity index is 2.45. The molecule has 2 aromatic heterocycles. The number of rotatable bonds is 4. The molecule has 9 nitrogen and oxygen atoms in total. The number of nitrogens with zero attached hydrogens (tertiary/aromatic N) is 7. The summed E-state index contributed by atoms with van der Waals surface area (Å²) in [6.45, 7) is 1.52. The van der Waals surface area contributed by atoms with Crippen molar-refractivity contribution in [2.75, 3.05) is 17.8 Å². The van der Waals surface area contributed by atoms with Crippen LogP contribution < -0.4 is 10.5 Å². The zero-order valence-corrected chi connectivity index (χ0v) is 14.3. The quantitative estimate of drug-likeness (QED) is 0.493. The van der Waals surface area contributed by atoms with Crippen LogP contribution >= 0.6 is 24.0 Å². The molecule has 0 spiro atoms. The maximum Gasteiger partial charge on any atom is 0.281 e. The van der Waals surface area contributed by atoms with Crippen LogP contribution in [0.4, 0.5) is 16.0 Å². The first-order valence-corrected chi connectivity index (χ1v) is 7.75. The van der Waals surface area contributed by atoms with Crippen molar-refractivity contribution < 1.29 is 5.11 Å². The summed E-state index contributed by atoms with van der Waals surface area (Å²) in [5.74, 6) is 0.0668. The van der Waals surface area contributed by atoms with Gasteiger partial charge in [0.15, 0.2) is 5.69 Å². The maximum absolute atomic E-state index is 12.1. The Bertz CT molecular complexity index is 866. The first-order valence-electron chi connectivity index (χ1n) is 6.30. The average molecular weight is 351 g/mol. The van der Waals surface area contributed by atoms with Crippen molar-refractivity contribution in [1.29, 1.82) is 5.26 Å². The van der Waals surface area contributed by atoms with E-state index in [9.17, 15) is 9.90 Å². The van der Waals surface area contributed by atoms with Crippen molar-refractivity contribution in [3.8, 4) is 11.9 Å². The van der Waals surface area contributed by atoms with Gasteiger partial charge in [-0.15, -0.1) is 20.4 Å². The monoisotopic (exact) mass is 351 g/mol. The molecule has 120 valence electrons. The lowest BCUT2D eigenvalue weighted by Crippen LogP contribution is -2.18. The van der Waals surface area contributed by atoms with Gasteiger partial charge in [0, 0.05) is 19.7 Å². The molecule has 0 saturated carbocycles. The van der Waals surface area contributed by atoms with E-state index >= 15 is 0 Å². The molecule has 0 bridgehead atoms. The lowest BCUT2D eigenvalue weighted by molar-refractivity contribution is 0.421. The molecule has 0 aliphatic heterocycles. The molecule has 0 atom stereocenters. The Labute approximate surface area is 141 Å². The van der Waals surface area contributed by atoms with E-state index in [1.54, 1.807) is 11.9 Å². The van der Waals surface area contributed by atoms with Crippen LogP contribution in [-0.4, -0.2) is 32.8 Å². The number of thiol groups is 1. The summed E-state index contributed by atoms with van der Waals surface area (Å²) in [4.78, 5) is 13.9. The highest BCUT2D eigenvalue weighted by Gasteiger charge is 2.17. The second kappa shape index (κ2) is 6.76. The van der Waals surface area contributed by atoms with E-state index in [4.69, 9.17) is 5.26 Å². The number of nitriles is 1. The van der Waals surface area contributed by atoms with Crippen molar-refractivity contribution >= 4 is 39.9 Å². The number of aromatic nitrogens is 3. The minimum Gasteiger partial charge on any atom is -0.493 e. The van der Waals surface area contributed by atoms with Crippen LogP contribution in [0.1, 0.15) is 11.1 Å². The molecule has 0 radical (unpaired) electrons. The van der Waals surface area contributed by atoms with E-state index < -0.39 is 11.4 Å². The van der Waals surface area contributed by atoms with Gasteiger partial charge in [0.25, 0.3) is 10.7 Å². The van der Waals surface area contributed by atoms with Crippen LogP contribution in [0.25, 0.3) is 0 Å². The molecule has 2 heterocycles. The Kier molecular flexibility index (Phi) is 4.97. The van der Waals surface area contributed by atoms with Crippen LogP contribution in [0.15, 0.2) is 15.0 Å². The van der Waals surface area contributed by atoms with E-state index in [0.29, 0.717) is 11.0 Å². The van der Waals surface area contributed by atoms with Crippen LogP contribution in [-0.2, 0) is 7.05 Å². The molecule has 2 aromatic rings. The van der Waals surface area contributed by atoms with Crippen LogP contribution in [0.2, 0.25) is 0 Å². The Morgan fingerprint density at radius 1 is 1.48 bits per heavy atom. The SMILES string of the molecule is Cc1c(C#N)c(O)n(C)c(=O)c1N=Nc1nnc(N(C)CS)s1. The normalized spacial score (nSPS) is 10.9. The van der Waals surface area contributed by atoms with Crippen molar-refractivity contribution in [3.05, 3.63) is 21.5 Å². The number of anilines is 1. The third kappa shape index (κ3) is 3.17. The van der Waals surface area contributed by atoms with Crippen LogP contribution in [0, 0.1) is 18.3 Å². The van der Waals surface area contributed by atoms with E-state index in [1.807, 2.05) is 6.07 Å². The zero-order chi connectivity index (χ0) is 17.1. The summed E-state index contributed by atoms with van der Waals surface area (Å²) in [5, 5.41) is 35.3. The molecule has 0 amide bonds. The van der Waals surface area contributed by atoms with Crippen molar-refractivity contribution in [2.45, 2.75) is 6.92 Å². The molecule has 2 rings (SSSR count). The summed E-state index contributed by atoms with van der Waals surface area (Å²) in [7, 11) is 3.15. The van der Waals surface area contributed by atoms with Gasteiger partial charge in [-0.25, -0.2) is 0 Å². The third-order valence-electron chi connectivity index (χ3n) is 3.07. The number of aromatic hydroxyl groups is 1. The molecule has 11 heteroatoms.